The molecule has 0 spiro atoms. The topological polar surface area (TPSA) is 50.1 Å². The molecule has 1 unspecified atom stereocenters. The van der Waals surface area contributed by atoms with Crippen molar-refractivity contribution in [2.24, 2.45) is 0 Å². The molecule has 0 aliphatic rings. The molecule has 118 valence electrons. The summed E-state index contributed by atoms with van der Waals surface area (Å²) in [5.74, 6) is -0.506. The van der Waals surface area contributed by atoms with Crippen LogP contribution < -0.4 is 0 Å². The second-order valence-corrected chi connectivity index (χ2v) is 6.33. The van der Waals surface area contributed by atoms with Gasteiger partial charge in [-0.3, -0.25) is 0 Å². The number of nitrogens with zero attached hydrogens (tertiary/aromatic N) is 1. The second kappa shape index (κ2) is 7.43. The van der Waals surface area contributed by atoms with E-state index in [0.717, 1.165) is 15.6 Å². The monoisotopic (exact) mass is 371 g/mol. The SMILES string of the molecule is CCOC(=O)C(C#N)(Cc1cccc(Br)c1)c1cccc(C)c1. The number of benzene rings is 2. The molecule has 0 saturated heterocycles. The van der Waals surface area contributed by atoms with Crippen LogP contribution in [0.1, 0.15) is 23.6 Å². The maximum Gasteiger partial charge on any atom is 0.331 e. The Kier molecular flexibility index (Phi) is 5.57. The predicted octanol–water partition coefficient (Wildman–Crippen LogP) is 4.32. The number of hydrogen-bond acceptors (Lipinski definition) is 3. The number of rotatable bonds is 5. The van der Waals surface area contributed by atoms with Gasteiger partial charge >= 0.3 is 5.97 Å². The summed E-state index contributed by atoms with van der Waals surface area (Å²) >= 11 is 3.43. The molecule has 0 N–H and O–H groups in total. The van der Waals surface area contributed by atoms with Crippen molar-refractivity contribution in [3.8, 4) is 6.07 Å². The first-order valence-corrected chi connectivity index (χ1v) is 8.21. The van der Waals surface area contributed by atoms with Crippen LogP contribution in [0.2, 0.25) is 0 Å². The fraction of sp³-hybridized carbons (Fsp3) is 0.263. The van der Waals surface area contributed by atoms with Crippen molar-refractivity contribution < 1.29 is 9.53 Å². The number of nitriles is 1. The molecule has 0 aliphatic heterocycles. The number of carbonyl (C=O) groups excluding carboxylic acids is 1. The van der Waals surface area contributed by atoms with Gasteiger partial charge in [0.2, 0.25) is 0 Å². The first-order valence-electron chi connectivity index (χ1n) is 7.42. The van der Waals surface area contributed by atoms with Gasteiger partial charge in [0.05, 0.1) is 12.7 Å². The van der Waals surface area contributed by atoms with E-state index < -0.39 is 11.4 Å². The first kappa shape index (κ1) is 17.2. The molecule has 3 nitrogen and oxygen atoms in total. The zero-order chi connectivity index (χ0) is 16.9. The van der Waals surface area contributed by atoms with E-state index >= 15 is 0 Å². The number of hydrogen-bond donors (Lipinski definition) is 0. The third-order valence-corrected chi connectivity index (χ3v) is 4.18. The number of esters is 1. The maximum atomic E-state index is 12.6. The molecule has 0 radical (unpaired) electrons. The first-order chi connectivity index (χ1) is 11.0. The number of aryl methyl sites for hydroxylation is 1. The van der Waals surface area contributed by atoms with Gasteiger partial charge in [0.15, 0.2) is 5.41 Å². The summed E-state index contributed by atoms with van der Waals surface area (Å²) in [6, 6.07) is 17.3. The van der Waals surface area contributed by atoms with Gasteiger partial charge in [0.25, 0.3) is 0 Å². The van der Waals surface area contributed by atoms with Crippen molar-refractivity contribution in [1.82, 2.24) is 0 Å². The maximum absolute atomic E-state index is 12.6. The minimum atomic E-state index is -1.34. The Morgan fingerprint density at radius 2 is 2.00 bits per heavy atom. The summed E-state index contributed by atoms with van der Waals surface area (Å²) in [6.07, 6.45) is 0.269. The summed E-state index contributed by atoms with van der Waals surface area (Å²) < 4.78 is 6.13. The quantitative estimate of drug-likeness (QED) is 0.735. The molecular formula is C19H18BrNO2. The van der Waals surface area contributed by atoms with Crippen LogP contribution in [-0.2, 0) is 21.4 Å². The van der Waals surface area contributed by atoms with Gasteiger partial charge in [-0.25, -0.2) is 4.79 Å². The Morgan fingerprint density at radius 1 is 1.26 bits per heavy atom. The lowest BCUT2D eigenvalue weighted by Crippen LogP contribution is -2.38. The lowest BCUT2D eigenvalue weighted by atomic mass is 9.76. The number of ether oxygens (including phenoxy) is 1. The van der Waals surface area contributed by atoms with Crippen LogP contribution in [-0.4, -0.2) is 12.6 Å². The second-order valence-electron chi connectivity index (χ2n) is 5.41. The molecule has 2 aromatic carbocycles. The zero-order valence-corrected chi connectivity index (χ0v) is 14.8. The lowest BCUT2D eigenvalue weighted by Gasteiger charge is -2.25. The van der Waals surface area contributed by atoms with Crippen LogP contribution >= 0.6 is 15.9 Å². The molecule has 2 rings (SSSR count). The van der Waals surface area contributed by atoms with Crippen molar-refractivity contribution in [3.05, 3.63) is 69.7 Å². The van der Waals surface area contributed by atoms with Crippen molar-refractivity contribution in [3.63, 3.8) is 0 Å². The van der Waals surface area contributed by atoms with Gasteiger partial charge < -0.3 is 4.74 Å². The minimum absolute atomic E-state index is 0.243. The molecule has 4 heteroatoms. The van der Waals surface area contributed by atoms with E-state index in [4.69, 9.17) is 4.74 Å². The van der Waals surface area contributed by atoms with Crippen molar-refractivity contribution >= 4 is 21.9 Å². The van der Waals surface area contributed by atoms with Crippen LogP contribution in [0.25, 0.3) is 0 Å². The molecule has 0 amide bonds. The van der Waals surface area contributed by atoms with Gasteiger partial charge in [-0.05, 0) is 37.1 Å². The molecule has 1 atom stereocenters. The Morgan fingerprint density at radius 3 is 2.61 bits per heavy atom. The average molecular weight is 372 g/mol. The minimum Gasteiger partial charge on any atom is -0.465 e. The molecule has 0 fully saturated rings. The van der Waals surface area contributed by atoms with E-state index in [0.29, 0.717) is 5.56 Å². The van der Waals surface area contributed by atoms with Crippen LogP contribution in [0.4, 0.5) is 0 Å². The Bertz CT molecular complexity index is 751. The van der Waals surface area contributed by atoms with Gasteiger partial charge in [-0.2, -0.15) is 5.26 Å². The summed E-state index contributed by atoms with van der Waals surface area (Å²) in [7, 11) is 0. The molecule has 2 aromatic rings. The van der Waals surface area contributed by atoms with E-state index in [1.54, 1.807) is 6.92 Å². The van der Waals surface area contributed by atoms with Crippen LogP contribution in [0.3, 0.4) is 0 Å². The molecule has 0 aliphatic carbocycles. The summed E-state index contributed by atoms with van der Waals surface area (Å²) in [5, 5.41) is 9.89. The van der Waals surface area contributed by atoms with Crippen LogP contribution in [0.15, 0.2) is 53.0 Å². The highest BCUT2D eigenvalue weighted by Crippen LogP contribution is 2.31. The summed E-state index contributed by atoms with van der Waals surface area (Å²) in [4.78, 5) is 12.6. The van der Waals surface area contributed by atoms with E-state index in [2.05, 4.69) is 22.0 Å². The highest BCUT2D eigenvalue weighted by Gasteiger charge is 2.42. The van der Waals surface area contributed by atoms with Crippen LogP contribution in [0.5, 0.6) is 0 Å². The van der Waals surface area contributed by atoms with E-state index in [1.165, 1.54) is 0 Å². The van der Waals surface area contributed by atoms with Gasteiger partial charge in [0, 0.05) is 10.9 Å². The highest BCUT2D eigenvalue weighted by molar-refractivity contribution is 9.10. The average Bonchev–Trinajstić information content (AvgIpc) is 2.53. The highest BCUT2D eigenvalue weighted by atomic mass is 79.9. The predicted molar refractivity (Wildman–Crippen MR) is 92.9 cm³/mol. The fourth-order valence-electron chi connectivity index (χ4n) is 2.56. The largest absolute Gasteiger partial charge is 0.465 e. The zero-order valence-electron chi connectivity index (χ0n) is 13.2. The molecule has 23 heavy (non-hydrogen) atoms. The van der Waals surface area contributed by atoms with Gasteiger partial charge in [0.1, 0.15) is 0 Å². The van der Waals surface area contributed by atoms with Gasteiger partial charge in [-0.15, -0.1) is 0 Å². The fourth-order valence-corrected chi connectivity index (χ4v) is 3.01. The molecule has 0 aromatic heterocycles. The van der Waals surface area contributed by atoms with E-state index in [1.807, 2.05) is 55.5 Å². The Hall–Kier alpha value is -2.12. The smallest absolute Gasteiger partial charge is 0.331 e. The normalized spacial score (nSPS) is 13.0. The van der Waals surface area contributed by atoms with Crippen LogP contribution in [0, 0.1) is 18.3 Å². The summed E-state index contributed by atoms with van der Waals surface area (Å²) in [6.45, 7) is 3.93. The van der Waals surface area contributed by atoms with Crippen molar-refractivity contribution in [2.45, 2.75) is 25.7 Å². The van der Waals surface area contributed by atoms with E-state index in [9.17, 15) is 10.1 Å². The molecule has 0 saturated carbocycles. The Labute approximate surface area is 145 Å². The van der Waals surface area contributed by atoms with Crippen molar-refractivity contribution in [1.29, 1.82) is 5.26 Å². The van der Waals surface area contributed by atoms with Gasteiger partial charge in [-0.1, -0.05) is 57.9 Å². The Balaban J connectivity index is 2.54. The standard InChI is InChI=1S/C19H18BrNO2/c1-3-23-18(22)19(13-21,16-8-4-6-14(2)10-16)12-15-7-5-9-17(20)11-15/h4-11H,3,12H2,1-2H3. The number of carbonyl (C=O) groups is 1. The summed E-state index contributed by atoms with van der Waals surface area (Å²) in [5.41, 5.74) is 1.22. The van der Waals surface area contributed by atoms with Crippen molar-refractivity contribution in [2.75, 3.05) is 6.61 Å². The lowest BCUT2D eigenvalue weighted by molar-refractivity contribution is -0.147. The number of halogens is 1. The molecular weight excluding hydrogens is 354 g/mol. The molecule has 0 bridgehead atoms. The van der Waals surface area contributed by atoms with E-state index in [-0.39, 0.29) is 13.0 Å². The third-order valence-electron chi connectivity index (χ3n) is 3.68. The molecule has 0 heterocycles. The third kappa shape index (κ3) is 3.80.